The Morgan fingerprint density at radius 1 is 1.17 bits per heavy atom. The van der Waals surface area contributed by atoms with Crippen LogP contribution in [0.25, 0.3) is 0 Å². The fourth-order valence-electron chi connectivity index (χ4n) is 5.52. The number of hydrogen-bond donors (Lipinski definition) is 2. The second-order valence-electron chi connectivity index (χ2n) is 9.08. The molecule has 2 aromatic rings. The SMILES string of the molecule is N#Cc1ccccc1CN1C[C@@H](O)[C@@]2(C1)[C@H](CNC(=O)C1CC1)[C@H]2c1ccccc1. The second-order valence-corrected chi connectivity index (χ2v) is 9.08. The van der Waals surface area contributed by atoms with Gasteiger partial charge in [0.15, 0.2) is 0 Å². The molecule has 0 bridgehead atoms. The van der Waals surface area contributed by atoms with E-state index in [4.69, 9.17) is 0 Å². The van der Waals surface area contributed by atoms with Crippen LogP contribution in [0.4, 0.5) is 0 Å². The van der Waals surface area contributed by atoms with Crippen molar-refractivity contribution in [3.05, 3.63) is 71.3 Å². The molecule has 3 fully saturated rings. The molecule has 1 spiro atoms. The smallest absolute Gasteiger partial charge is 0.223 e. The van der Waals surface area contributed by atoms with Crippen molar-refractivity contribution < 1.29 is 9.90 Å². The Morgan fingerprint density at radius 2 is 1.90 bits per heavy atom. The maximum Gasteiger partial charge on any atom is 0.223 e. The quantitative estimate of drug-likeness (QED) is 0.780. The summed E-state index contributed by atoms with van der Waals surface area (Å²) in [7, 11) is 0. The number of benzene rings is 2. The fraction of sp³-hybridized carbons (Fsp3) is 0.440. The van der Waals surface area contributed by atoms with E-state index >= 15 is 0 Å². The van der Waals surface area contributed by atoms with Crippen LogP contribution in [0.15, 0.2) is 54.6 Å². The van der Waals surface area contributed by atoms with Crippen LogP contribution in [-0.2, 0) is 11.3 Å². The molecule has 0 radical (unpaired) electrons. The number of nitriles is 1. The largest absolute Gasteiger partial charge is 0.391 e. The van der Waals surface area contributed by atoms with Crippen LogP contribution >= 0.6 is 0 Å². The number of amides is 1. The molecule has 4 atom stereocenters. The second kappa shape index (κ2) is 7.54. The molecular weight excluding hydrogens is 374 g/mol. The van der Waals surface area contributed by atoms with E-state index in [1.54, 1.807) is 0 Å². The van der Waals surface area contributed by atoms with Gasteiger partial charge >= 0.3 is 0 Å². The van der Waals surface area contributed by atoms with Gasteiger partial charge in [-0.25, -0.2) is 0 Å². The lowest BCUT2D eigenvalue weighted by Gasteiger charge is -2.17. The molecule has 0 unspecified atom stereocenters. The summed E-state index contributed by atoms with van der Waals surface area (Å²) in [4.78, 5) is 14.5. The summed E-state index contributed by atoms with van der Waals surface area (Å²) in [5.74, 6) is 0.830. The van der Waals surface area contributed by atoms with E-state index in [1.165, 1.54) is 5.56 Å². The Balaban J connectivity index is 1.36. The molecule has 0 aromatic heterocycles. The standard InChI is InChI=1S/C25H27N3O2/c26-12-19-8-4-5-9-20(19)14-28-15-22(29)25(16-28)21(13-27-24(30)18-10-11-18)23(25)17-6-2-1-3-7-17/h1-9,18,21-23,29H,10-11,13-16H2,(H,27,30)/t21-,22-,23-,25-/m1/s1. The average molecular weight is 402 g/mol. The van der Waals surface area contributed by atoms with Gasteiger partial charge in [-0.15, -0.1) is 0 Å². The number of aliphatic hydroxyl groups excluding tert-OH is 1. The Bertz CT molecular complexity index is 981. The molecular formula is C25H27N3O2. The highest BCUT2D eigenvalue weighted by Crippen LogP contribution is 2.68. The van der Waals surface area contributed by atoms with Crippen LogP contribution in [0.1, 0.15) is 35.4 Å². The number of nitrogens with one attached hydrogen (secondary N) is 1. The van der Waals surface area contributed by atoms with E-state index in [9.17, 15) is 15.2 Å². The van der Waals surface area contributed by atoms with Crippen molar-refractivity contribution >= 4 is 5.91 Å². The molecule has 2 saturated carbocycles. The van der Waals surface area contributed by atoms with Crippen LogP contribution in [0.2, 0.25) is 0 Å². The molecule has 5 rings (SSSR count). The van der Waals surface area contributed by atoms with Gasteiger partial charge in [0.25, 0.3) is 0 Å². The van der Waals surface area contributed by atoms with Crippen molar-refractivity contribution in [2.24, 2.45) is 17.3 Å². The lowest BCUT2D eigenvalue weighted by atomic mass is 9.95. The van der Waals surface area contributed by atoms with Crippen molar-refractivity contribution in [1.82, 2.24) is 10.2 Å². The van der Waals surface area contributed by atoms with Gasteiger partial charge in [0.1, 0.15) is 0 Å². The first-order valence-corrected chi connectivity index (χ1v) is 10.8. The van der Waals surface area contributed by atoms with Crippen LogP contribution in [-0.4, -0.2) is 41.7 Å². The molecule has 154 valence electrons. The minimum atomic E-state index is -0.445. The number of β-amino-alcohol motifs (C(OH)–C–C–N with tert-alkyl or cyclic N) is 1. The van der Waals surface area contributed by atoms with Crippen LogP contribution < -0.4 is 5.32 Å². The van der Waals surface area contributed by atoms with E-state index < -0.39 is 6.10 Å². The minimum absolute atomic E-state index is 0.163. The molecule has 1 saturated heterocycles. The van der Waals surface area contributed by atoms with Crippen molar-refractivity contribution in [1.29, 1.82) is 5.26 Å². The lowest BCUT2D eigenvalue weighted by Crippen LogP contribution is -2.31. The van der Waals surface area contributed by atoms with Gasteiger partial charge in [0.2, 0.25) is 5.91 Å². The molecule has 2 N–H and O–H groups in total. The number of hydrogen-bond acceptors (Lipinski definition) is 4. The number of carbonyl (C=O) groups excluding carboxylic acids is 1. The highest BCUT2D eigenvalue weighted by molar-refractivity contribution is 5.80. The minimum Gasteiger partial charge on any atom is -0.391 e. The van der Waals surface area contributed by atoms with E-state index in [2.05, 4.69) is 28.4 Å². The van der Waals surface area contributed by atoms with E-state index in [1.807, 2.05) is 42.5 Å². The highest BCUT2D eigenvalue weighted by Gasteiger charge is 2.71. The van der Waals surface area contributed by atoms with E-state index in [0.717, 1.165) is 24.9 Å². The highest BCUT2D eigenvalue weighted by atomic mass is 16.3. The summed E-state index contributed by atoms with van der Waals surface area (Å²) in [5, 5.41) is 23.7. The summed E-state index contributed by atoms with van der Waals surface area (Å²) in [5.41, 5.74) is 2.69. The third kappa shape index (κ3) is 3.30. The summed E-state index contributed by atoms with van der Waals surface area (Å²) in [6, 6.07) is 20.3. The van der Waals surface area contributed by atoms with Gasteiger partial charge in [-0.3, -0.25) is 9.69 Å². The number of aliphatic hydroxyl groups is 1. The monoisotopic (exact) mass is 401 g/mol. The normalized spacial score (nSPS) is 30.2. The summed E-state index contributed by atoms with van der Waals surface area (Å²) >= 11 is 0. The Labute approximate surface area is 177 Å². The van der Waals surface area contributed by atoms with Crippen LogP contribution in [0, 0.1) is 28.6 Å². The third-order valence-corrected chi connectivity index (χ3v) is 7.25. The molecule has 1 amide bonds. The van der Waals surface area contributed by atoms with Crippen molar-refractivity contribution in [3.8, 4) is 6.07 Å². The summed E-state index contributed by atoms with van der Waals surface area (Å²) in [6.07, 6.45) is 1.55. The predicted molar refractivity (Wildman–Crippen MR) is 113 cm³/mol. The predicted octanol–water partition coefficient (Wildman–Crippen LogP) is 2.66. The molecule has 30 heavy (non-hydrogen) atoms. The number of rotatable bonds is 6. The van der Waals surface area contributed by atoms with Gasteiger partial charge in [-0.1, -0.05) is 48.5 Å². The van der Waals surface area contributed by atoms with Crippen molar-refractivity contribution in [2.75, 3.05) is 19.6 Å². The van der Waals surface area contributed by atoms with Gasteiger partial charge in [-0.2, -0.15) is 5.26 Å². The summed E-state index contributed by atoms with van der Waals surface area (Å²) in [6.45, 7) is 2.65. The van der Waals surface area contributed by atoms with Gasteiger partial charge in [0, 0.05) is 37.5 Å². The zero-order chi connectivity index (χ0) is 20.7. The van der Waals surface area contributed by atoms with E-state index in [-0.39, 0.29) is 29.1 Å². The lowest BCUT2D eigenvalue weighted by molar-refractivity contribution is -0.122. The molecule has 5 nitrogen and oxygen atoms in total. The first-order chi connectivity index (χ1) is 14.6. The molecule has 5 heteroatoms. The van der Waals surface area contributed by atoms with Gasteiger partial charge in [-0.05, 0) is 41.9 Å². The fourth-order valence-corrected chi connectivity index (χ4v) is 5.52. The molecule has 1 heterocycles. The average Bonchev–Trinajstić information content (AvgIpc) is 3.67. The Morgan fingerprint density at radius 3 is 2.63 bits per heavy atom. The van der Waals surface area contributed by atoms with Crippen LogP contribution in [0.3, 0.4) is 0 Å². The first kappa shape index (κ1) is 19.3. The number of nitrogens with zero attached hydrogens (tertiary/aromatic N) is 2. The maximum atomic E-state index is 12.2. The van der Waals surface area contributed by atoms with Gasteiger partial charge < -0.3 is 10.4 Å². The topological polar surface area (TPSA) is 76.4 Å². The zero-order valence-corrected chi connectivity index (χ0v) is 17.0. The molecule has 2 aliphatic carbocycles. The van der Waals surface area contributed by atoms with Crippen molar-refractivity contribution in [3.63, 3.8) is 0 Å². The molecule has 3 aliphatic rings. The van der Waals surface area contributed by atoms with E-state index in [0.29, 0.717) is 25.2 Å². The summed E-state index contributed by atoms with van der Waals surface area (Å²) < 4.78 is 0. The Kier molecular flexibility index (Phi) is 4.85. The molecule has 1 aliphatic heterocycles. The first-order valence-electron chi connectivity index (χ1n) is 10.8. The van der Waals surface area contributed by atoms with Gasteiger partial charge in [0.05, 0.1) is 17.7 Å². The Hall–Kier alpha value is -2.68. The zero-order valence-electron chi connectivity index (χ0n) is 17.0. The number of carbonyl (C=O) groups is 1. The van der Waals surface area contributed by atoms with Crippen LogP contribution in [0.5, 0.6) is 0 Å². The molecule has 2 aromatic carbocycles. The van der Waals surface area contributed by atoms with Crippen molar-refractivity contribution in [2.45, 2.75) is 31.4 Å². The maximum absolute atomic E-state index is 12.2. The number of likely N-dealkylation sites (tertiary alicyclic amines) is 1. The third-order valence-electron chi connectivity index (χ3n) is 7.25.